The van der Waals surface area contributed by atoms with Crippen molar-refractivity contribution < 1.29 is 22.7 Å². The Kier molecular flexibility index (Phi) is 5.34. The van der Waals surface area contributed by atoms with Crippen LogP contribution in [0.2, 0.25) is 0 Å². The van der Waals surface area contributed by atoms with E-state index in [4.69, 9.17) is 10.6 Å². The predicted molar refractivity (Wildman–Crippen MR) is 68.1 cm³/mol. The summed E-state index contributed by atoms with van der Waals surface area (Å²) < 4.78 is 42.8. The second kappa shape index (κ2) is 6.58. The minimum atomic E-state index is -4.52. The molecule has 0 bridgehead atoms. The molecule has 5 nitrogen and oxygen atoms in total. The molecule has 0 saturated heterocycles. The van der Waals surface area contributed by atoms with E-state index in [1.54, 1.807) is 0 Å². The average molecular weight is 291 g/mol. The van der Waals surface area contributed by atoms with Crippen molar-refractivity contribution in [2.45, 2.75) is 6.18 Å². The molecular formula is C12H16F3N3O2. The number of alkyl halides is 3. The largest absolute Gasteiger partial charge is 0.416 e. The van der Waals surface area contributed by atoms with Crippen LogP contribution >= 0.6 is 0 Å². The fraction of sp³-hybridized carbons (Fsp3) is 0.417. The topological polar surface area (TPSA) is 67.6 Å². The summed E-state index contributed by atoms with van der Waals surface area (Å²) in [6.45, 7) is 0.544. The molecule has 0 radical (unpaired) electrons. The van der Waals surface area contributed by atoms with Gasteiger partial charge >= 0.3 is 6.18 Å². The molecule has 8 heteroatoms. The molecule has 0 fully saturated rings. The van der Waals surface area contributed by atoms with Gasteiger partial charge in [-0.3, -0.25) is 10.6 Å². The van der Waals surface area contributed by atoms with Crippen LogP contribution in [0.3, 0.4) is 0 Å². The van der Waals surface area contributed by atoms with Crippen LogP contribution in [-0.2, 0) is 10.9 Å². The third-order valence-corrected chi connectivity index (χ3v) is 2.71. The third kappa shape index (κ3) is 3.84. The first-order chi connectivity index (χ1) is 9.31. The number of nitrogens with two attached hydrogens (primary N) is 1. The number of halogens is 3. The van der Waals surface area contributed by atoms with E-state index in [9.17, 15) is 18.0 Å². The number of carbonyl (C=O) groups excluding carboxylic acids is 1. The van der Waals surface area contributed by atoms with Gasteiger partial charge in [-0.05, 0) is 18.2 Å². The molecule has 1 amide bonds. The number of anilines is 1. The summed E-state index contributed by atoms with van der Waals surface area (Å²) in [5.74, 6) is 4.65. The lowest BCUT2D eigenvalue weighted by atomic mass is 10.1. The first kappa shape index (κ1) is 16.3. The summed E-state index contributed by atoms with van der Waals surface area (Å²) in [5.41, 5.74) is 1.31. The second-order valence-electron chi connectivity index (χ2n) is 4.12. The van der Waals surface area contributed by atoms with Gasteiger partial charge in [-0.2, -0.15) is 13.2 Å². The number of benzene rings is 1. The minimum Gasteiger partial charge on any atom is -0.383 e. The molecule has 0 saturated carbocycles. The Bertz CT molecular complexity index is 478. The van der Waals surface area contributed by atoms with Gasteiger partial charge in [-0.15, -0.1) is 0 Å². The van der Waals surface area contributed by atoms with E-state index in [-0.39, 0.29) is 24.4 Å². The molecule has 0 unspecified atom stereocenters. The number of amides is 1. The molecule has 1 rings (SSSR count). The number of rotatable bonds is 5. The molecule has 0 heterocycles. The van der Waals surface area contributed by atoms with Crippen molar-refractivity contribution in [2.24, 2.45) is 5.84 Å². The van der Waals surface area contributed by atoms with Gasteiger partial charge < -0.3 is 15.1 Å². The highest BCUT2D eigenvalue weighted by Crippen LogP contribution is 2.32. The number of methoxy groups -OCH3 is 1. The highest BCUT2D eigenvalue weighted by Gasteiger charge is 2.32. The van der Waals surface area contributed by atoms with Crippen molar-refractivity contribution in [1.82, 2.24) is 4.90 Å². The van der Waals surface area contributed by atoms with E-state index in [1.165, 1.54) is 19.1 Å². The molecule has 0 spiro atoms. The number of hydrogen-bond acceptors (Lipinski definition) is 4. The summed E-state index contributed by atoms with van der Waals surface area (Å²) in [6, 6.07) is 2.77. The van der Waals surface area contributed by atoms with E-state index in [0.29, 0.717) is 0 Å². The van der Waals surface area contributed by atoms with Crippen LogP contribution in [0.25, 0.3) is 0 Å². The number of hydrazine groups is 1. The predicted octanol–water partition coefficient (Wildman–Crippen LogP) is 1.71. The average Bonchev–Trinajstić information content (AvgIpc) is 2.42. The van der Waals surface area contributed by atoms with Gasteiger partial charge in [0, 0.05) is 20.7 Å². The molecule has 20 heavy (non-hydrogen) atoms. The number of likely N-dealkylation sites (N-methyl/N-ethyl adjacent to an activating group) is 1. The van der Waals surface area contributed by atoms with E-state index >= 15 is 0 Å². The first-order valence-electron chi connectivity index (χ1n) is 5.73. The fourth-order valence-electron chi connectivity index (χ4n) is 1.56. The maximum Gasteiger partial charge on any atom is 0.416 e. The lowest BCUT2D eigenvalue weighted by Gasteiger charge is -2.19. The zero-order valence-corrected chi connectivity index (χ0v) is 11.1. The number of nitrogen functional groups attached to an aromatic ring is 1. The lowest BCUT2D eigenvalue weighted by molar-refractivity contribution is -0.137. The highest BCUT2D eigenvalue weighted by molar-refractivity contribution is 5.99. The summed E-state index contributed by atoms with van der Waals surface area (Å²) in [4.78, 5) is 13.4. The number of hydrogen-bond donors (Lipinski definition) is 2. The number of nitrogens with one attached hydrogen (secondary N) is 1. The first-order valence-corrected chi connectivity index (χ1v) is 5.73. The summed E-state index contributed by atoms with van der Waals surface area (Å²) in [6.07, 6.45) is -4.52. The molecule has 1 aromatic rings. The van der Waals surface area contributed by atoms with Crippen molar-refractivity contribution >= 4 is 11.6 Å². The molecule has 112 valence electrons. The monoisotopic (exact) mass is 291 g/mol. The van der Waals surface area contributed by atoms with Crippen LogP contribution < -0.4 is 11.3 Å². The van der Waals surface area contributed by atoms with Gasteiger partial charge in [0.1, 0.15) is 0 Å². The van der Waals surface area contributed by atoms with Gasteiger partial charge in [-0.25, -0.2) is 0 Å². The molecular weight excluding hydrogens is 275 g/mol. The Morgan fingerprint density at radius 1 is 1.45 bits per heavy atom. The quantitative estimate of drug-likeness (QED) is 0.640. The lowest BCUT2D eigenvalue weighted by Crippen LogP contribution is -2.31. The van der Waals surface area contributed by atoms with Crippen LogP contribution in [0.1, 0.15) is 15.9 Å². The Labute approximate surface area is 114 Å². The third-order valence-electron chi connectivity index (χ3n) is 2.71. The van der Waals surface area contributed by atoms with Gasteiger partial charge in [0.2, 0.25) is 0 Å². The maximum atomic E-state index is 12.7. The molecule has 0 aliphatic rings. The van der Waals surface area contributed by atoms with Gasteiger partial charge in [0.15, 0.2) is 0 Å². The van der Waals surface area contributed by atoms with Crippen molar-refractivity contribution in [1.29, 1.82) is 0 Å². The van der Waals surface area contributed by atoms with E-state index in [0.717, 1.165) is 18.2 Å². The van der Waals surface area contributed by atoms with Crippen molar-refractivity contribution in [2.75, 3.05) is 32.7 Å². The fourth-order valence-corrected chi connectivity index (χ4v) is 1.56. The zero-order chi connectivity index (χ0) is 15.3. The number of ether oxygens (including phenoxy) is 1. The van der Waals surface area contributed by atoms with Gasteiger partial charge in [0.25, 0.3) is 5.91 Å². The normalized spacial score (nSPS) is 11.3. The number of carbonyl (C=O) groups is 1. The SMILES string of the molecule is COCCN(C)C(=O)c1cc(C(F)(F)F)ccc1NN. The van der Waals surface area contributed by atoms with Gasteiger partial charge in [-0.1, -0.05) is 0 Å². The van der Waals surface area contributed by atoms with E-state index in [1.807, 2.05) is 0 Å². The van der Waals surface area contributed by atoms with Gasteiger partial charge in [0.05, 0.1) is 23.4 Å². The van der Waals surface area contributed by atoms with E-state index in [2.05, 4.69) is 5.43 Å². The Morgan fingerprint density at radius 3 is 2.60 bits per heavy atom. The Morgan fingerprint density at radius 2 is 2.10 bits per heavy atom. The highest BCUT2D eigenvalue weighted by atomic mass is 19.4. The van der Waals surface area contributed by atoms with Crippen LogP contribution in [0.4, 0.5) is 18.9 Å². The Hall–Kier alpha value is -1.80. The smallest absolute Gasteiger partial charge is 0.383 e. The molecule has 1 aromatic carbocycles. The van der Waals surface area contributed by atoms with E-state index < -0.39 is 17.6 Å². The summed E-state index contributed by atoms with van der Waals surface area (Å²) in [5, 5.41) is 0. The molecule has 0 atom stereocenters. The van der Waals surface area contributed by atoms with Crippen LogP contribution in [-0.4, -0.2) is 38.1 Å². The van der Waals surface area contributed by atoms with Crippen LogP contribution in [0.15, 0.2) is 18.2 Å². The molecule has 0 aromatic heterocycles. The molecule has 3 N–H and O–H groups in total. The van der Waals surface area contributed by atoms with Crippen LogP contribution in [0.5, 0.6) is 0 Å². The molecule has 0 aliphatic heterocycles. The van der Waals surface area contributed by atoms with Crippen molar-refractivity contribution in [3.63, 3.8) is 0 Å². The summed E-state index contributed by atoms with van der Waals surface area (Å²) in [7, 11) is 2.94. The zero-order valence-electron chi connectivity index (χ0n) is 11.1. The second-order valence-corrected chi connectivity index (χ2v) is 4.12. The summed E-state index contributed by atoms with van der Waals surface area (Å²) >= 11 is 0. The number of nitrogens with zero attached hydrogens (tertiary/aromatic N) is 1. The minimum absolute atomic E-state index is 0.132. The van der Waals surface area contributed by atoms with Crippen LogP contribution in [0, 0.1) is 0 Å². The Balaban J connectivity index is 3.10. The maximum absolute atomic E-state index is 12.7. The van der Waals surface area contributed by atoms with Crippen molar-refractivity contribution in [3.05, 3.63) is 29.3 Å². The molecule has 0 aliphatic carbocycles. The standard InChI is InChI=1S/C12H16F3N3O2/c1-18(5-6-20-2)11(19)9-7-8(12(13,14)15)3-4-10(9)17-16/h3-4,7,17H,5-6,16H2,1-2H3. The van der Waals surface area contributed by atoms with Crippen molar-refractivity contribution in [3.8, 4) is 0 Å².